The Kier molecular flexibility index (Phi) is 6.45. The Bertz CT molecular complexity index is 1310. The first kappa shape index (κ1) is 23.9. The number of carbonyl (C=O) groups excluding carboxylic acids is 3. The van der Waals surface area contributed by atoms with Gasteiger partial charge in [-0.3, -0.25) is 19.3 Å². The molecule has 36 heavy (non-hydrogen) atoms. The fraction of sp³-hybridized carbons (Fsp3) is 0.296. The minimum Gasteiger partial charge on any atom is -0.347 e. The topological polar surface area (TPSA) is 86.7 Å². The maximum Gasteiger partial charge on any atom is 0.262 e. The van der Waals surface area contributed by atoms with E-state index < -0.39 is 11.8 Å². The van der Waals surface area contributed by atoms with Crippen LogP contribution in [-0.4, -0.2) is 71.2 Å². The molecule has 1 saturated heterocycles. The highest BCUT2D eigenvalue weighted by Gasteiger charge is 2.38. The molecule has 0 radical (unpaired) electrons. The third-order valence-corrected chi connectivity index (χ3v) is 6.95. The lowest BCUT2D eigenvalue weighted by Gasteiger charge is -2.34. The van der Waals surface area contributed by atoms with Gasteiger partial charge in [0.2, 0.25) is 11.9 Å². The summed E-state index contributed by atoms with van der Waals surface area (Å²) < 4.78 is 0. The zero-order valence-corrected chi connectivity index (χ0v) is 20.9. The van der Waals surface area contributed by atoms with Gasteiger partial charge in [-0.15, -0.1) is 0 Å². The molecule has 184 valence electrons. The number of imide groups is 1. The quantitative estimate of drug-likeness (QED) is 0.491. The Morgan fingerprint density at radius 2 is 1.69 bits per heavy atom. The molecule has 2 aromatic carbocycles. The summed E-state index contributed by atoms with van der Waals surface area (Å²) in [6.45, 7) is 0.753. The molecule has 3 heterocycles. The number of amides is 3. The summed E-state index contributed by atoms with van der Waals surface area (Å²) in [5, 5.41) is 0.647. The highest BCUT2D eigenvalue weighted by molar-refractivity contribution is 6.30. The maximum atomic E-state index is 13.3. The Hall–Kier alpha value is -3.78. The first-order valence-corrected chi connectivity index (χ1v) is 12.2. The van der Waals surface area contributed by atoms with Gasteiger partial charge >= 0.3 is 0 Å². The Labute approximate surface area is 214 Å². The van der Waals surface area contributed by atoms with Crippen molar-refractivity contribution in [1.29, 1.82) is 0 Å². The number of hydrogen-bond donors (Lipinski definition) is 0. The Balaban J connectivity index is 1.38. The van der Waals surface area contributed by atoms with E-state index in [1.165, 1.54) is 0 Å². The van der Waals surface area contributed by atoms with Crippen LogP contribution in [-0.2, 0) is 4.79 Å². The van der Waals surface area contributed by atoms with Crippen LogP contribution < -0.4 is 4.90 Å². The second-order valence-electron chi connectivity index (χ2n) is 9.29. The highest BCUT2D eigenvalue weighted by Crippen LogP contribution is 2.34. The Morgan fingerprint density at radius 3 is 2.33 bits per heavy atom. The summed E-state index contributed by atoms with van der Waals surface area (Å²) in [6.07, 6.45) is 3.47. The number of aromatic nitrogens is 2. The van der Waals surface area contributed by atoms with Crippen molar-refractivity contribution >= 4 is 35.3 Å². The van der Waals surface area contributed by atoms with E-state index in [1.54, 1.807) is 29.2 Å². The number of likely N-dealkylation sites (tertiary alicyclic amines) is 1. The van der Waals surface area contributed by atoms with Crippen LogP contribution in [0, 0.1) is 0 Å². The van der Waals surface area contributed by atoms with E-state index in [4.69, 9.17) is 16.6 Å². The van der Waals surface area contributed by atoms with E-state index in [1.807, 2.05) is 49.5 Å². The van der Waals surface area contributed by atoms with Gasteiger partial charge in [-0.25, -0.2) is 9.97 Å². The summed E-state index contributed by atoms with van der Waals surface area (Å²) in [4.78, 5) is 52.8. The molecule has 2 aliphatic heterocycles. The average molecular weight is 504 g/mol. The highest BCUT2D eigenvalue weighted by atomic mass is 35.5. The van der Waals surface area contributed by atoms with Crippen molar-refractivity contribution in [2.45, 2.75) is 18.8 Å². The monoisotopic (exact) mass is 503 g/mol. The number of hydrogen-bond acceptors (Lipinski definition) is 6. The minimum atomic E-state index is -0.422. The lowest BCUT2D eigenvalue weighted by atomic mass is 9.90. The number of halogens is 1. The van der Waals surface area contributed by atoms with Gasteiger partial charge in [-0.1, -0.05) is 35.9 Å². The molecular weight excluding hydrogens is 478 g/mol. The molecule has 1 atom stereocenters. The van der Waals surface area contributed by atoms with Gasteiger partial charge < -0.3 is 9.80 Å². The van der Waals surface area contributed by atoms with Crippen molar-refractivity contribution in [2.24, 2.45) is 0 Å². The Morgan fingerprint density at radius 1 is 1.03 bits per heavy atom. The molecular formula is C27H26ClN5O3. The number of fused-ring (bicyclic) bond motifs is 1. The minimum absolute atomic E-state index is 0.0164. The lowest BCUT2D eigenvalue weighted by Crippen LogP contribution is -2.46. The van der Waals surface area contributed by atoms with Gasteiger partial charge in [-0.05, 0) is 42.7 Å². The molecule has 8 nitrogen and oxygen atoms in total. The van der Waals surface area contributed by atoms with Crippen molar-refractivity contribution in [1.82, 2.24) is 19.8 Å². The second kappa shape index (κ2) is 9.70. The molecule has 1 aromatic heterocycles. The predicted molar refractivity (Wildman–Crippen MR) is 137 cm³/mol. The second-order valence-corrected chi connectivity index (χ2v) is 9.73. The average Bonchev–Trinajstić information content (AvgIpc) is 3.14. The maximum absolute atomic E-state index is 13.3. The van der Waals surface area contributed by atoms with Gasteiger partial charge in [0.05, 0.1) is 16.8 Å². The summed E-state index contributed by atoms with van der Waals surface area (Å²) in [5.74, 6) is -0.512. The van der Waals surface area contributed by atoms with Crippen LogP contribution in [0.25, 0.3) is 11.1 Å². The molecule has 9 heteroatoms. The van der Waals surface area contributed by atoms with Crippen LogP contribution in [0.4, 0.5) is 5.95 Å². The molecule has 0 unspecified atom stereocenters. The van der Waals surface area contributed by atoms with Crippen LogP contribution in [0.1, 0.15) is 45.2 Å². The number of carbonyl (C=O) groups is 3. The van der Waals surface area contributed by atoms with E-state index in [2.05, 4.69) is 4.98 Å². The third-order valence-electron chi connectivity index (χ3n) is 6.69. The van der Waals surface area contributed by atoms with Gasteiger partial charge in [-0.2, -0.15) is 0 Å². The van der Waals surface area contributed by atoms with E-state index >= 15 is 0 Å². The van der Waals surface area contributed by atoms with Crippen molar-refractivity contribution in [3.05, 3.63) is 76.6 Å². The van der Waals surface area contributed by atoms with Crippen molar-refractivity contribution in [3.8, 4) is 11.1 Å². The summed E-state index contributed by atoms with van der Waals surface area (Å²) in [5.41, 5.74) is 3.41. The SMILES string of the molecule is CN(C)c1ncc(-c2ccc(Cl)cc2)c([C@H]2CCCN(C(=O)CN3C(=O)c4ccccc4C3=O)C2)n1. The fourth-order valence-corrected chi connectivity index (χ4v) is 4.93. The van der Waals surface area contributed by atoms with Crippen LogP contribution in [0.5, 0.6) is 0 Å². The van der Waals surface area contributed by atoms with Gasteiger partial charge in [0.1, 0.15) is 6.54 Å². The lowest BCUT2D eigenvalue weighted by molar-refractivity contribution is -0.132. The first-order chi connectivity index (χ1) is 17.3. The van der Waals surface area contributed by atoms with Crippen molar-refractivity contribution < 1.29 is 14.4 Å². The molecule has 0 spiro atoms. The largest absolute Gasteiger partial charge is 0.347 e. The molecule has 1 fully saturated rings. The van der Waals surface area contributed by atoms with Crippen LogP contribution in [0.3, 0.4) is 0 Å². The molecule has 3 amide bonds. The van der Waals surface area contributed by atoms with E-state index in [0.717, 1.165) is 34.6 Å². The molecule has 0 N–H and O–H groups in total. The number of benzene rings is 2. The molecule has 5 rings (SSSR count). The zero-order valence-electron chi connectivity index (χ0n) is 20.1. The predicted octanol–water partition coefficient (Wildman–Crippen LogP) is 3.87. The molecule has 0 bridgehead atoms. The zero-order chi connectivity index (χ0) is 25.4. The number of rotatable bonds is 5. The van der Waals surface area contributed by atoms with Gasteiger partial charge in [0.25, 0.3) is 11.8 Å². The van der Waals surface area contributed by atoms with Crippen LogP contribution in [0.15, 0.2) is 54.7 Å². The summed E-state index contributed by atoms with van der Waals surface area (Å²) in [6, 6.07) is 14.2. The standard InChI is InChI=1S/C27H26ClN5O3/c1-31(2)27-29-14-22(17-9-11-19(28)12-10-17)24(30-27)18-6-5-13-32(15-18)23(34)16-33-25(35)20-7-3-4-8-21(20)26(33)36/h3-4,7-12,14,18H,5-6,13,15-16H2,1-2H3/t18-/m0/s1. The van der Waals surface area contributed by atoms with Crippen molar-refractivity contribution in [3.63, 3.8) is 0 Å². The van der Waals surface area contributed by atoms with E-state index in [9.17, 15) is 14.4 Å². The number of piperidine rings is 1. The van der Waals surface area contributed by atoms with Gasteiger partial charge in [0.15, 0.2) is 0 Å². The number of nitrogens with zero attached hydrogens (tertiary/aromatic N) is 5. The summed E-state index contributed by atoms with van der Waals surface area (Å²) >= 11 is 6.09. The third kappa shape index (κ3) is 4.44. The molecule has 0 saturated carbocycles. The van der Waals surface area contributed by atoms with Crippen LogP contribution in [0.2, 0.25) is 5.02 Å². The fourth-order valence-electron chi connectivity index (χ4n) is 4.81. The number of anilines is 1. The normalized spacial score (nSPS) is 17.4. The van der Waals surface area contributed by atoms with E-state index in [-0.39, 0.29) is 18.4 Å². The van der Waals surface area contributed by atoms with Gasteiger partial charge in [0, 0.05) is 49.9 Å². The van der Waals surface area contributed by atoms with Crippen LogP contribution >= 0.6 is 11.6 Å². The molecule has 2 aliphatic rings. The molecule has 0 aliphatic carbocycles. The van der Waals surface area contributed by atoms with E-state index in [0.29, 0.717) is 35.2 Å². The van der Waals surface area contributed by atoms with Crippen molar-refractivity contribution in [2.75, 3.05) is 38.6 Å². The smallest absolute Gasteiger partial charge is 0.262 e. The first-order valence-electron chi connectivity index (χ1n) is 11.9. The molecule has 3 aromatic rings. The summed E-state index contributed by atoms with van der Waals surface area (Å²) in [7, 11) is 3.78.